The van der Waals surface area contributed by atoms with E-state index < -0.39 is 30.8 Å². The first-order valence-corrected chi connectivity index (χ1v) is 7.75. The van der Waals surface area contributed by atoms with Crippen molar-refractivity contribution in [1.82, 2.24) is 4.90 Å². The lowest BCUT2D eigenvalue weighted by molar-refractivity contribution is -0.176. The maximum absolute atomic E-state index is 12.9. The molecular formula is C13H28BCl2F3N2O5. The predicted molar refractivity (Wildman–Crippen MR) is 96.8 cm³/mol. The molecule has 0 bridgehead atoms. The number of rotatable bonds is 9. The molecule has 158 valence electrons. The van der Waals surface area contributed by atoms with Crippen LogP contribution in [0, 0.1) is 0 Å². The van der Waals surface area contributed by atoms with Gasteiger partial charge in [0, 0.05) is 6.54 Å². The zero-order valence-corrected chi connectivity index (χ0v) is 15.9. The highest BCUT2D eigenvalue weighted by atomic mass is 35.5. The summed E-state index contributed by atoms with van der Waals surface area (Å²) in [6.45, 7) is 0.270. The summed E-state index contributed by atoms with van der Waals surface area (Å²) in [6, 6.07) is -1.52. The average Bonchev–Trinajstić information content (AvgIpc) is 2.89. The Labute approximate surface area is 163 Å². The summed E-state index contributed by atoms with van der Waals surface area (Å²) in [5, 5.41) is 26.8. The van der Waals surface area contributed by atoms with E-state index in [9.17, 15) is 23.1 Å². The molecule has 1 heterocycles. The number of alkyl halides is 3. The smallest absolute Gasteiger partial charge is 0.451 e. The van der Waals surface area contributed by atoms with Crippen molar-refractivity contribution >= 4 is 37.9 Å². The predicted octanol–water partition coefficient (Wildman–Crippen LogP) is 0.847. The molecule has 1 fully saturated rings. The van der Waals surface area contributed by atoms with Gasteiger partial charge in [-0.1, -0.05) is 12.8 Å². The minimum absolute atomic E-state index is 0. The molecule has 0 aliphatic carbocycles. The van der Waals surface area contributed by atoms with Gasteiger partial charge in [0.25, 0.3) is 0 Å². The van der Waals surface area contributed by atoms with Crippen LogP contribution in [0.1, 0.15) is 38.5 Å². The highest BCUT2D eigenvalue weighted by molar-refractivity contribution is 6.40. The number of carbonyl (C=O) groups is 1. The molecule has 0 aromatic rings. The Morgan fingerprint density at radius 2 is 1.77 bits per heavy atom. The van der Waals surface area contributed by atoms with Crippen molar-refractivity contribution in [1.29, 1.82) is 0 Å². The van der Waals surface area contributed by atoms with Crippen LogP contribution in [0.15, 0.2) is 0 Å². The Morgan fingerprint density at radius 1 is 1.19 bits per heavy atom. The number of unbranched alkanes of at least 4 members (excludes halogenated alkanes) is 1. The van der Waals surface area contributed by atoms with Crippen LogP contribution in [0.25, 0.3) is 0 Å². The number of aliphatic carboxylic acids is 1. The lowest BCUT2D eigenvalue weighted by atomic mass is 9.81. The third-order valence-electron chi connectivity index (χ3n) is 4.35. The summed E-state index contributed by atoms with van der Waals surface area (Å²) in [7, 11) is -1.45. The molecule has 0 aromatic carbocycles. The van der Waals surface area contributed by atoms with E-state index in [1.807, 2.05) is 0 Å². The Hall–Kier alpha value is -0.295. The SMILES string of the molecule is Cl.Cl.NC(CCCCB(O)O)(CCN1CCC[C@@H]1C(F)(F)F)C(=O)O.O. The lowest BCUT2D eigenvalue weighted by Gasteiger charge is -2.31. The Morgan fingerprint density at radius 3 is 2.23 bits per heavy atom. The fourth-order valence-corrected chi connectivity index (χ4v) is 2.91. The highest BCUT2D eigenvalue weighted by Crippen LogP contribution is 2.33. The summed E-state index contributed by atoms with van der Waals surface area (Å²) in [5.41, 5.74) is 4.26. The van der Waals surface area contributed by atoms with Crippen molar-refractivity contribution in [3.8, 4) is 0 Å². The van der Waals surface area contributed by atoms with E-state index in [4.69, 9.17) is 15.8 Å². The molecule has 1 unspecified atom stereocenters. The van der Waals surface area contributed by atoms with Crippen LogP contribution >= 0.6 is 24.8 Å². The topological polar surface area (TPSA) is 139 Å². The molecule has 1 aliphatic rings. The molecule has 0 aromatic heterocycles. The average molecular weight is 431 g/mol. The second-order valence-electron chi connectivity index (χ2n) is 6.17. The molecule has 0 amide bonds. The quantitative estimate of drug-likeness (QED) is 0.316. The highest BCUT2D eigenvalue weighted by Gasteiger charge is 2.46. The number of nitrogens with zero attached hydrogens (tertiary/aromatic N) is 1. The van der Waals surface area contributed by atoms with Gasteiger partial charge in [0.05, 0.1) is 0 Å². The zero-order valence-electron chi connectivity index (χ0n) is 14.2. The standard InChI is InChI=1S/C13H24BF3N2O4.2ClH.H2O/c15-13(16,17)10-4-3-8-19(10)9-6-12(18,11(20)21)5-1-2-7-14(22)23;;;/h10,22-23H,1-9,18H2,(H,20,21);2*1H;1H2/t10-,12?;;;/m1.../s1. The second-order valence-corrected chi connectivity index (χ2v) is 6.17. The molecular weight excluding hydrogens is 403 g/mol. The Bertz CT molecular complexity index is 410. The Balaban J connectivity index is -0.00000176. The van der Waals surface area contributed by atoms with Crippen molar-refractivity contribution < 1.29 is 38.6 Å². The molecule has 7 nitrogen and oxygen atoms in total. The van der Waals surface area contributed by atoms with E-state index in [0.717, 1.165) is 0 Å². The first kappa shape index (κ1) is 30.4. The van der Waals surface area contributed by atoms with Crippen LogP contribution in [-0.4, -0.2) is 69.5 Å². The summed E-state index contributed by atoms with van der Waals surface area (Å²) in [4.78, 5) is 12.6. The summed E-state index contributed by atoms with van der Waals surface area (Å²) in [6.07, 6.45) is -2.98. The lowest BCUT2D eigenvalue weighted by Crippen LogP contribution is -2.51. The van der Waals surface area contributed by atoms with Crippen molar-refractivity contribution in [2.45, 2.75) is 62.6 Å². The van der Waals surface area contributed by atoms with Crippen LogP contribution in [0.3, 0.4) is 0 Å². The molecule has 0 spiro atoms. The van der Waals surface area contributed by atoms with Gasteiger partial charge >= 0.3 is 19.3 Å². The molecule has 7 N–H and O–H groups in total. The van der Waals surface area contributed by atoms with Crippen LogP contribution in [0.2, 0.25) is 6.32 Å². The third kappa shape index (κ3) is 9.59. The van der Waals surface area contributed by atoms with Crippen molar-refractivity contribution in [3.63, 3.8) is 0 Å². The zero-order chi connectivity index (χ0) is 17.7. The molecule has 0 radical (unpaired) electrons. The number of halogens is 5. The Kier molecular flexibility index (Phi) is 15.2. The number of hydrogen-bond acceptors (Lipinski definition) is 5. The van der Waals surface area contributed by atoms with E-state index in [-0.39, 0.29) is 69.0 Å². The van der Waals surface area contributed by atoms with Gasteiger partial charge in [-0.05, 0) is 38.5 Å². The third-order valence-corrected chi connectivity index (χ3v) is 4.35. The van der Waals surface area contributed by atoms with E-state index >= 15 is 0 Å². The largest absolute Gasteiger partial charge is 0.480 e. The fraction of sp³-hybridized carbons (Fsp3) is 0.923. The van der Waals surface area contributed by atoms with Gasteiger partial charge in [-0.15, -0.1) is 24.8 Å². The summed E-state index contributed by atoms with van der Waals surface area (Å²) < 4.78 is 38.6. The number of likely N-dealkylation sites (tertiary alicyclic amines) is 1. The molecule has 13 heteroatoms. The van der Waals surface area contributed by atoms with Crippen LogP contribution in [0.5, 0.6) is 0 Å². The van der Waals surface area contributed by atoms with E-state index in [0.29, 0.717) is 19.3 Å². The molecule has 1 rings (SSSR count). The van der Waals surface area contributed by atoms with Crippen LogP contribution in [0.4, 0.5) is 13.2 Å². The molecule has 1 aliphatic heterocycles. The first-order chi connectivity index (χ1) is 10.6. The molecule has 0 saturated carbocycles. The van der Waals surface area contributed by atoms with Gasteiger partial charge in [-0.3, -0.25) is 9.69 Å². The number of carboxylic acids is 1. The number of nitrogens with two attached hydrogens (primary N) is 1. The van der Waals surface area contributed by atoms with E-state index in [1.165, 1.54) is 4.90 Å². The first-order valence-electron chi connectivity index (χ1n) is 7.75. The van der Waals surface area contributed by atoms with Gasteiger partial charge < -0.3 is 26.4 Å². The molecule has 26 heavy (non-hydrogen) atoms. The van der Waals surface area contributed by atoms with Gasteiger partial charge in [-0.25, -0.2) is 0 Å². The van der Waals surface area contributed by atoms with Crippen molar-refractivity contribution in [3.05, 3.63) is 0 Å². The van der Waals surface area contributed by atoms with E-state index in [2.05, 4.69) is 0 Å². The summed E-state index contributed by atoms with van der Waals surface area (Å²) in [5.74, 6) is -1.25. The summed E-state index contributed by atoms with van der Waals surface area (Å²) >= 11 is 0. The molecule has 2 atom stereocenters. The van der Waals surface area contributed by atoms with Crippen molar-refractivity contribution in [2.24, 2.45) is 5.73 Å². The normalized spacial score (nSPS) is 19.5. The number of hydrogen-bond donors (Lipinski definition) is 4. The monoisotopic (exact) mass is 430 g/mol. The van der Waals surface area contributed by atoms with Crippen LogP contribution in [-0.2, 0) is 4.79 Å². The molecule has 1 saturated heterocycles. The van der Waals surface area contributed by atoms with Crippen molar-refractivity contribution in [2.75, 3.05) is 13.1 Å². The van der Waals surface area contributed by atoms with Gasteiger partial charge in [-0.2, -0.15) is 13.2 Å². The minimum atomic E-state index is -4.31. The van der Waals surface area contributed by atoms with Gasteiger partial charge in [0.15, 0.2) is 0 Å². The van der Waals surface area contributed by atoms with Crippen LogP contribution < -0.4 is 5.73 Å². The number of carboxylic acid groups (broad SMARTS) is 1. The van der Waals surface area contributed by atoms with Gasteiger partial charge in [0.2, 0.25) is 0 Å². The minimum Gasteiger partial charge on any atom is -0.480 e. The van der Waals surface area contributed by atoms with E-state index in [1.54, 1.807) is 0 Å². The maximum atomic E-state index is 12.9. The maximum Gasteiger partial charge on any atom is 0.451 e. The second kappa shape index (κ2) is 13.0. The fourth-order valence-electron chi connectivity index (χ4n) is 2.91. The van der Waals surface area contributed by atoms with Gasteiger partial charge in [0.1, 0.15) is 11.6 Å².